The predicted octanol–water partition coefficient (Wildman–Crippen LogP) is 3.72. The maximum absolute atomic E-state index is 5.95. The SMILES string of the molecule is C=Cc1cccc(CCl)c1Cl. The molecule has 0 aliphatic heterocycles. The summed E-state index contributed by atoms with van der Waals surface area (Å²) in [6.45, 7) is 3.64. The summed E-state index contributed by atoms with van der Waals surface area (Å²) in [5.74, 6) is 0.445. The molecule has 0 aliphatic carbocycles. The molecule has 1 aromatic rings. The van der Waals surface area contributed by atoms with E-state index < -0.39 is 0 Å². The van der Waals surface area contributed by atoms with Crippen molar-refractivity contribution in [1.29, 1.82) is 0 Å². The van der Waals surface area contributed by atoms with Gasteiger partial charge in [0.05, 0.1) is 5.02 Å². The van der Waals surface area contributed by atoms with E-state index in [4.69, 9.17) is 23.2 Å². The van der Waals surface area contributed by atoms with Gasteiger partial charge in [0.25, 0.3) is 0 Å². The quantitative estimate of drug-likeness (QED) is 0.619. The minimum atomic E-state index is 0.445. The Balaban J connectivity index is 3.20. The van der Waals surface area contributed by atoms with E-state index in [-0.39, 0.29) is 0 Å². The number of hydrogen-bond acceptors (Lipinski definition) is 0. The number of benzene rings is 1. The first kappa shape index (κ1) is 8.63. The summed E-state index contributed by atoms with van der Waals surface area (Å²) in [4.78, 5) is 0. The summed E-state index contributed by atoms with van der Waals surface area (Å²) in [5, 5.41) is 0.706. The van der Waals surface area contributed by atoms with Crippen LogP contribution in [0.4, 0.5) is 0 Å². The standard InChI is InChI=1S/C9H8Cl2/c1-2-7-4-3-5-8(6-10)9(7)11/h2-5H,1,6H2. The molecule has 2 heteroatoms. The van der Waals surface area contributed by atoms with Crippen molar-refractivity contribution in [3.8, 4) is 0 Å². The van der Waals surface area contributed by atoms with Crippen molar-refractivity contribution in [3.05, 3.63) is 40.9 Å². The summed E-state index contributed by atoms with van der Waals surface area (Å²) in [5.41, 5.74) is 1.88. The van der Waals surface area contributed by atoms with Crippen molar-refractivity contribution < 1.29 is 0 Å². The number of halogens is 2. The first-order valence-electron chi connectivity index (χ1n) is 3.25. The van der Waals surface area contributed by atoms with Crippen molar-refractivity contribution >= 4 is 29.3 Å². The molecular weight excluding hydrogens is 179 g/mol. The highest BCUT2D eigenvalue weighted by Gasteiger charge is 2.00. The lowest BCUT2D eigenvalue weighted by atomic mass is 10.1. The fraction of sp³-hybridized carbons (Fsp3) is 0.111. The molecule has 0 unspecified atom stereocenters. The topological polar surface area (TPSA) is 0 Å². The van der Waals surface area contributed by atoms with Gasteiger partial charge in [-0.15, -0.1) is 11.6 Å². The fourth-order valence-corrected chi connectivity index (χ4v) is 1.42. The Morgan fingerprint density at radius 3 is 2.73 bits per heavy atom. The van der Waals surface area contributed by atoms with Gasteiger partial charge in [0.15, 0.2) is 0 Å². The van der Waals surface area contributed by atoms with Crippen LogP contribution in [0.15, 0.2) is 24.8 Å². The monoisotopic (exact) mass is 186 g/mol. The van der Waals surface area contributed by atoms with Gasteiger partial charge in [0.2, 0.25) is 0 Å². The summed E-state index contributed by atoms with van der Waals surface area (Å²) >= 11 is 11.6. The second-order valence-corrected chi connectivity index (χ2v) is 2.80. The van der Waals surface area contributed by atoms with Gasteiger partial charge >= 0.3 is 0 Å². The van der Waals surface area contributed by atoms with Crippen LogP contribution in [0.5, 0.6) is 0 Å². The molecule has 0 saturated carbocycles. The second kappa shape index (κ2) is 3.80. The lowest BCUT2D eigenvalue weighted by molar-refractivity contribution is 1.39. The Kier molecular flexibility index (Phi) is 2.98. The average Bonchev–Trinajstić information content (AvgIpc) is 2.05. The van der Waals surface area contributed by atoms with E-state index in [1.54, 1.807) is 6.08 Å². The summed E-state index contributed by atoms with van der Waals surface area (Å²) < 4.78 is 0. The minimum Gasteiger partial charge on any atom is -0.121 e. The zero-order valence-corrected chi connectivity index (χ0v) is 7.49. The maximum Gasteiger partial charge on any atom is 0.0522 e. The smallest absolute Gasteiger partial charge is 0.0522 e. The molecule has 0 atom stereocenters. The normalized spacial score (nSPS) is 9.64. The summed E-state index contributed by atoms with van der Waals surface area (Å²) in [7, 11) is 0. The van der Waals surface area contributed by atoms with E-state index in [0.29, 0.717) is 10.9 Å². The van der Waals surface area contributed by atoms with Crippen molar-refractivity contribution in [2.24, 2.45) is 0 Å². The van der Waals surface area contributed by atoms with Gasteiger partial charge < -0.3 is 0 Å². The van der Waals surface area contributed by atoms with Gasteiger partial charge in [-0.1, -0.05) is 42.5 Å². The van der Waals surface area contributed by atoms with E-state index in [1.165, 1.54) is 0 Å². The van der Waals surface area contributed by atoms with Crippen molar-refractivity contribution in [3.63, 3.8) is 0 Å². The third-order valence-corrected chi connectivity index (χ3v) is 2.22. The van der Waals surface area contributed by atoms with Gasteiger partial charge in [-0.25, -0.2) is 0 Å². The first-order chi connectivity index (χ1) is 5.29. The van der Waals surface area contributed by atoms with Crippen LogP contribution >= 0.6 is 23.2 Å². The zero-order valence-electron chi connectivity index (χ0n) is 5.98. The molecule has 0 bridgehead atoms. The highest BCUT2D eigenvalue weighted by molar-refractivity contribution is 6.33. The molecule has 1 aromatic carbocycles. The largest absolute Gasteiger partial charge is 0.121 e. The molecule has 0 nitrogen and oxygen atoms in total. The maximum atomic E-state index is 5.95. The van der Waals surface area contributed by atoms with Crippen LogP contribution in [0.25, 0.3) is 6.08 Å². The van der Waals surface area contributed by atoms with Gasteiger partial charge in [-0.3, -0.25) is 0 Å². The van der Waals surface area contributed by atoms with E-state index >= 15 is 0 Å². The molecule has 0 saturated heterocycles. The van der Waals surface area contributed by atoms with Crippen LogP contribution in [0, 0.1) is 0 Å². The van der Waals surface area contributed by atoms with Crippen LogP contribution in [0.1, 0.15) is 11.1 Å². The van der Waals surface area contributed by atoms with Crippen LogP contribution in [-0.4, -0.2) is 0 Å². The number of hydrogen-bond donors (Lipinski definition) is 0. The molecule has 0 fully saturated rings. The highest BCUT2D eigenvalue weighted by atomic mass is 35.5. The molecule has 0 N–H and O–H groups in total. The zero-order chi connectivity index (χ0) is 8.27. The average molecular weight is 187 g/mol. The number of alkyl halides is 1. The number of rotatable bonds is 2. The van der Waals surface area contributed by atoms with Crippen molar-refractivity contribution in [2.75, 3.05) is 0 Å². The lowest BCUT2D eigenvalue weighted by Gasteiger charge is -2.01. The van der Waals surface area contributed by atoms with E-state index in [9.17, 15) is 0 Å². The Bertz CT molecular complexity index is 266. The third kappa shape index (κ3) is 1.76. The van der Waals surface area contributed by atoms with Gasteiger partial charge in [0.1, 0.15) is 0 Å². The molecule has 0 spiro atoms. The molecule has 58 valence electrons. The Morgan fingerprint density at radius 2 is 2.18 bits per heavy atom. The third-order valence-electron chi connectivity index (χ3n) is 1.47. The highest BCUT2D eigenvalue weighted by Crippen LogP contribution is 2.23. The molecule has 0 amide bonds. The molecule has 0 radical (unpaired) electrons. The fourth-order valence-electron chi connectivity index (χ4n) is 0.861. The van der Waals surface area contributed by atoms with Crippen molar-refractivity contribution in [2.45, 2.75) is 5.88 Å². The summed E-state index contributed by atoms with van der Waals surface area (Å²) in [6.07, 6.45) is 1.72. The summed E-state index contributed by atoms with van der Waals surface area (Å²) in [6, 6.07) is 5.73. The van der Waals surface area contributed by atoms with Crippen LogP contribution in [0.2, 0.25) is 5.02 Å². The van der Waals surface area contributed by atoms with Crippen LogP contribution in [-0.2, 0) is 5.88 Å². The van der Waals surface area contributed by atoms with E-state index in [1.807, 2.05) is 18.2 Å². The van der Waals surface area contributed by atoms with Crippen LogP contribution in [0.3, 0.4) is 0 Å². The van der Waals surface area contributed by atoms with Gasteiger partial charge in [-0.2, -0.15) is 0 Å². The van der Waals surface area contributed by atoms with Gasteiger partial charge in [-0.05, 0) is 11.1 Å². The molecular formula is C9H8Cl2. The van der Waals surface area contributed by atoms with Crippen LogP contribution < -0.4 is 0 Å². The van der Waals surface area contributed by atoms with E-state index in [0.717, 1.165) is 11.1 Å². The Morgan fingerprint density at radius 1 is 1.45 bits per heavy atom. The molecule has 11 heavy (non-hydrogen) atoms. The molecule has 0 aromatic heterocycles. The van der Waals surface area contributed by atoms with Gasteiger partial charge in [0, 0.05) is 5.88 Å². The molecule has 1 rings (SSSR count). The first-order valence-corrected chi connectivity index (χ1v) is 4.16. The minimum absolute atomic E-state index is 0.445. The molecule has 0 heterocycles. The lowest BCUT2D eigenvalue weighted by Crippen LogP contribution is -1.82. The Labute approximate surface area is 76.4 Å². The molecule has 0 aliphatic rings. The predicted molar refractivity (Wildman–Crippen MR) is 51.1 cm³/mol. The Hall–Kier alpha value is -0.460. The second-order valence-electron chi connectivity index (χ2n) is 2.16. The van der Waals surface area contributed by atoms with E-state index in [2.05, 4.69) is 6.58 Å². The van der Waals surface area contributed by atoms with Crippen molar-refractivity contribution in [1.82, 2.24) is 0 Å².